The molecule has 0 aliphatic heterocycles. The van der Waals surface area contributed by atoms with Gasteiger partial charge in [0.15, 0.2) is 0 Å². The van der Waals surface area contributed by atoms with Crippen LogP contribution in [0.25, 0.3) is 0 Å². The monoisotopic (exact) mass is 379 g/mol. The minimum atomic E-state index is -0.171. The summed E-state index contributed by atoms with van der Waals surface area (Å²) in [6.45, 7) is 1.35. The highest BCUT2D eigenvalue weighted by Gasteiger charge is 2.07. The Morgan fingerprint density at radius 1 is 0.889 bits per heavy atom. The number of anilines is 1. The van der Waals surface area contributed by atoms with Gasteiger partial charge in [0.1, 0.15) is 5.69 Å². The van der Waals surface area contributed by atoms with Crippen molar-refractivity contribution in [2.24, 2.45) is 0 Å². The summed E-state index contributed by atoms with van der Waals surface area (Å²) in [6.07, 6.45) is 3.32. The molecule has 0 saturated carbocycles. The zero-order chi connectivity index (χ0) is 18.9. The molecular formula is C22H22ClN3O. The Morgan fingerprint density at radius 3 is 2.37 bits per heavy atom. The van der Waals surface area contributed by atoms with E-state index in [1.54, 1.807) is 12.3 Å². The SMILES string of the molecule is O=C(NCCc1ccc(Cl)cc1)c1cc(NCCc2ccccc2)ccn1. The van der Waals surface area contributed by atoms with Gasteiger partial charge in [0.05, 0.1) is 0 Å². The van der Waals surface area contributed by atoms with Gasteiger partial charge in [-0.2, -0.15) is 0 Å². The van der Waals surface area contributed by atoms with Crippen molar-refractivity contribution in [1.82, 2.24) is 10.3 Å². The van der Waals surface area contributed by atoms with Gasteiger partial charge in [-0.1, -0.05) is 54.1 Å². The number of pyridine rings is 1. The number of carbonyl (C=O) groups excluding carboxylic acids is 1. The first-order valence-corrected chi connectivity index (χ1v) is 9.35. The lowest BCUT2D eigenvalue weighted by molar-refractivity contribution is 0.0949. The molecule has 3 aromatic rings. The molecule has 0 aliphatic carbocycles. The van der Waals surface area contributed by atoms with E-state index in [0.717, 1.165) is 30.6 Å². The number of carbonyl (C=O) groups is 1. The minimum absolute atomic E-state index is 0.171. The van der Waals surface area contributed by atoms with Crippen molar-refractivity contribution in [3.8, 4) is 0 Å². The third-order valence-electron chi connectivity index (χ3n) is 4.19. The molecule has 1 amide bonds. The molecule has 1 heterocycles. The molecule has 4 nitrogen and oxygen atoms in total. The van der Waals surface area contributed by atoms with E-state index in [1.165, 1.54) is 5.56 Å². The molecule has 1 aromatic heterocycles. The normalized spacial score (nSPS) is 10.4. The zero-order valence-corrected chi connectivity index (χ0v) is 15.7. The van der Waals surface area contributed by atoms with E-state index >= 15 is 0 Å². The van der Waals surface area contributed by atoms with E-state index < -0.39 is 0 Å². The van der Waals surface area contributed by atoms with E-state index in [9.17, 15) is 4.79 Å². The predicted molar refractivity (Wildman–Crippen MR) is 110 cm³/mol. The highest BCUT2D eigenvalue weighted by Crippen LogP contribution is 2.11. The molecule has 27 heavy (non-hydrogen) atoms. The van der Waals surface area contributed by atoms with Crippen molar-refractivity contribution in [2.75, 3.05) is 18.4 Å². The molecule has 0 radical (unpaired) electrons. The van der Waals surface area contributed by atoms with Crippen LogP contribution in [0.3, 0.4) is 0 Å². The number of hydrogen-bond donors (Lipinski definition) is 2. The number of halogens is 1. The van der Waals surface area contributed by atoms with Gasteiger partial charge >= 0.3 is 0 Å². The molecule has 0 atom stereocenters. The van der Waals surface area contributed by atoms with Gasteiger partial charge in [-0.15, -0.1) is 0 Å². The van der Waals surface area contributed by atoms with Gasteiger partial charge in [-0.05, 0) is 48.2 Å². The van der Waals surface area contributed by atoms with Gasteiger partial charge in [0.25, 0.3) is 5.91 Å². The second-order valence-electron chi connectivity index (χ2n) is 6.22. The molecule has 2 aromatic carbocycles. The lowest BCUT2D eigenvalue weighted by atomic mass is 10.1. The van der Waals surface area contributed by atoms with Crippen LogP contribution in [0.4, 0.5) is 5.69 Å². The fraction of sp³-hybridized carbons (Fsp3) is 0.182. The number of nitrogens with one attached hydrogen (secondary N) is 2. The molecule has 0 unspecified atom stereocenters. The van der Waals surface area contributed by atoms with E-state index in [0.29, 0.717) is 17.3 Å². The number of amides is 1. The van der Waals surface area contributed by atoms with Crippen molar-refractivity contribution in [2.45, 2.75) is 12.8 Å². The largest absolute Gasteiger partial charge is 0.385 e. The summed E-state index contributed by atoms with van der Waals surface area (Å²) in [4.78, 5) is 16.5. The highest BCUT2D eigenvalue weighted by molar-refractivity contribution is 6.30. The summed E-state index contributed by atoms with van der Waals surface area (Å²) in [5.74, 6) is -0.171. The molecule has 0 saturated heterocycles. The van der Waals surface area contributed by atoms with Crippen LogP contribution in [0.2, 0.25) is 5.02 Å². The second-order valence-corrected chi connectivity index (χ2v) is 6.66. The standard InChI is InChI=1S/C22H22ClN3O/c23-19-8-6-18(7-9-19)11-14-26-22(27)21-16-20(12-15-25-21)24-13-10-17-4-2-1-3-5-17/h1-9,12,15-16H,10-11,13-14H2,(H,24,25)(H,26,27). The molecule has 3 rings (SSSR count). The Bertz CT molecular complexity index is 866. The predicted octanol–water partition coefficient (Wildman–Crippen LogP) is 4.36. The van der Waals surface area contributed by atoms with Crippen LogP contribution in [0.15, 0.2) is 72.9 Å². The molecule has 0 spiro atoms. The zero-order valence-electron chi connectivity index (χ0n) is 15.0. The number of rotatable bonds is 8. The van der Waals surface area contributed by atoms with Crippen LogP contribution in [0.5, 0.6) is 0 Å². The molecule has 2 N–H and O–H groups in total. The Kier molecular flexibility index (Phi) is 6.83. The summed E-state index contributed by atoms with van der Waals surface area (Å²) in [6, 6.07) is 21.6. The number of hydrogen-bond acceptors (Lipinski definition) is 3. The fourth-order valence-corrected chi connectivity index (χ4v) is 2.85. The summed E-state index contributed by atoms with van der Waals surface area (Å²) < 4.78 is 0. The maximum Gasteiger partial charge on any atom is 0.269 e. The maximum absolute atomic E-state index is 12.3. The third-order valence-corrected chi connectivity index (χ3v) is 4.44. The molecule has 138 valence electrons. The van der Waals surface area contributed by atoms with Crippen LogP contribution in [0.1, 0.15) is 21.6 Å². The molecule has 0 bridgehead atoms. The Labute approximate surface area is 164 Å². The van der Waals surface area contributed by atoms with Gasteiger partial charge in [-0.25, -0.2) is 0 Å². The number of nitrogens with zero attached hydrogens (tertiary/aromatic N) is 1. The quantitative estimate of drug-likeness (QED) is 0.611. The van der Waals surface area contributed by atoms with Gasteiger partial charge in [-0.3, -0.25) is 9.78 Å². The third kappa shape index (κ3) is 6.12. The topological polar surface area (TPSA) is 54.0 Å². The van der Waals surface area contributed by atoms with Crippen molar-refractivity contribution >= 4 is 23.2 Å². The van der Waals surface area contributed by atoms with E-state index in [2.05, 4.69) is 27.8 Å². The molecule has 5 heteroatoms. The van der Waals surface area contributed by atoms with Crippen LogP contribution in [-0.2, 0) is 12.8 Å². The first kappa shape index (κ1) is 18.9. The van der Waals surface area contributed by atoms with E-state index in [4.69, 9.17) is 11.6 Å². The minimum Gasteiger partial charge on any atom is -0.385 e. The molecular weight excluding hydrogens is 358 g/mol. The highest BCUT2D eigenvalue weighted by atomic mass is 35.5. The summed E-state index contributed by atoms with van der Waals surface area (Å²) >= 11 is 5.88. The van der Waals surface area contributed by atoms with Crippen molar-refractivity contribution in [3.05, 3.63) is 94.8 Å². The van der Waals surface area contributed by atoms with Crippen molar-refractivity contribution in [1.29, 1.82) is 0 Å². The van der Waals surface area contributed by atoms with Crippen molar-refractivity contribution in [3.63, 3.8) is 0 Å². The summed E-state index contributed by atoms with van der Waals surface area (Å²) in [5, 5.41) is 6.96. The second kappa shape index (κ2) is 9.74. The van der Waals surface area contributed by atoms with Crippen LogP contribution < -0.4 is 10.6 Å². The van der Waals surface area contributed by atoms with Crippen molar-refractivity contribution < 1.29 is 4.79 Å². The van der Waals surface area contributed by atoms with E-state index in [-0.39, 0.29) is 5.91 Å². The fourth-order valence-electron chi connectivity index (χ4n) is 2.72. The lowest BCUT2D eigenvalue weighted by Gasteiger charge is -2.09. The van der Waals surface area contributed by atoms with Crippen LogP contribution >= 0.6 is 11.6 Å². The lowest BCUT2D eigenvalue weighted by Crippen LogP contribution is -2.26. The molecule has 0 aliphatic rings. The maximum atomic E-state index is 12.3. The average Bonchev–Trinajstić information content (AvgIpc) is 2.70. The van der Waals surface area contributed by atoms with Gasteiger partial charge in [0.2, 0.25) is 0 Å². The first-order valence-electron chi connectivity index (χ1n) is 8.97. The average molecular weight is 380 g/mol. The molecule has 0 fully saturated rings. The Morgan fingerprint density at radius 2 is 1.59 bits per heavy atom. The Hall–Kier alpha value is -2.85. The number of aromatic nitrogens is 1. The van der Waals surface area contributed by atoms with E-state index in [1.807, 2.05) is 48.5 Å². The van der Waals surface area contributed by atoms with Gasteiger partial charge in [0, 0.05) is 30.0 Å². The number of benzene rings is 2. The Balaban J connectivity index is 1.47. The van der Waals surface area contributed by atoms with Gasteiger partial charge < -0.3 is 10.6 Å². The summed E-state index contributed by atoms with van der Waals surface area (Å²) in [7, 11) is 0. The smallest absolute Gasteiger partial charge is 0.269 e. The summed E-state index contributed by atoms with van der Waals surface area (Å²) in [5.41, 5.74) is 3.71. The van der Waals surface area contributed by atoms with Crippen LogP contribution in [0, 0.1) is 0 Å². The first-order chi connectivity index (χ1) is 13.2. The van der Waals surface area contributed by atoms with Crippen LogP contribution in [-0.4, -0.2) is 24.0 Å².